The third kappa shape index (κ3) is 6.28. The van der Waals surface area contributed by atoms with Crippen molar-refractivity contribution in [1.29, 1.82) is 0 Å². The number of rotatable bonds is 8. The summed E-state index contributed by atoms with van der Waals surface area (Å²) >= 11 is 0. The fourth-order valence-electron chi connectivity index (χ4n) is 8.38. The van der Waals surface area contributed by atoms with E-state index >= 15 is 0 Å². The zero-order chi connectivity index (χ0) is 38.1. The molecule has 1 heterocycles. The number of fused-ring (bicyclic) bond motifs is 3. The van der Waals surface area contributed by atoms with E-state index in [1.807, 2.05) is 0 Å². The quantitative estimate of drug-likeness (QED) is 0.151. The lowest BCUT2D eigenvalue weighted by atomic mass is 9.93. The molecule has 0 saturated carbocycles. The highest BCUT2D eigenvalue weighted by molar-refractivity contribution is 6.11. The van der Waals surface area contributed by atoms with Crippen LogP contribution in [0.3, 0.4) is 0 Å². The van der Waals surface area contributed by atoms with E-state index in [0.717, 1.165) is 22.6 Å². The molecule has 0 saturated heterocycles. The van der Waals surface area contributed by atoms with Crippen LogP contribution in [-0.2, 0) is 0 Å². The molecule has 1 aromatic heterocycles. The highest BCUT2D eigenvalue weighted by atomic mass is 15.1. The van der Waals surface area contributed by atoms with Crippen LogP contribution in [0.15, 0.2) is 224 Å². The van der Waals surface area contributed by atoms with Gasteiger partial charge in [0.1, 0.15) is 0 Å². The van der Waals surface area contributed by atoms with Crippen molar-refractivity contribution in [2.45, 2.75) is 6.92 Å². The number of nitrogens with zero attached hydrogens (tertiary/aromatic N) is 2. The smallest absolute Gasteiger partial charge is 0.0619 e. The summed E-state index contributed by atoms with van der Waals surface area (Å²) in [5, 5.41) is 2.44. The van der Waals surface area contributed by atoms with Crippen molar-refractivity contribution in [3.05, 3.63) is 230 Å². The lowest BCUT2D eigenvalue weighted by molar-refractivity contribution is 1.18. The highest BCUT2D eigenvalue weighted by Crippen LogP contribution is 2.44. The predicted molar refractivity (Wildman–Crippen MR) is 242 cm³/mol. The Kier molecular flexibility index (Phi) is 8.78. The Bertz CT molecular complexity index is 2900. The van der Waals surface area contributed by atoms with Crippen LogP contribution in [0, 0.1) is 6.92 Å². The summed E-state index contributed by atoms with van der Waals surface area (Å²) in [7, 11) is 0. The summed E-state index contributed by atoms with van der Waals surface area (Å²) in [5.74, 6) is 0. The fraction of sp³-hybridized carbons (Fsp3) is 0.0182. The van der Waals surface area contributed by atoms with Gasteiger partial charge in [-0.2, -0.15) is 0 Å². The van der Waals surface area contributed by atoms with E-state index in [9.17, 15) is 0 Å². The van der Waals surface area contributed by atoms with Crippen LogP contribution in [0.4, 0.5) is 17.1 Å². The first-order valence-corrected chi connectivity index (χ1v) is 19.6. The van der Waals surface area contributed by atoms with Crippen LogP contribution in [0.1, 0.15) is 5.56 Å². The fourth-order valence-corrected chi connectivity index (χ4v) is 8.38. The van der Waals surface area contributed by atoms with Crippen molar-refractivity contribution >= 4 is 38.9 Å². The van der Waals surface area contributed by atoms with E-state index in [2.05, 4.69) is 241 Å². The van der Waals surface area contributed by atoms with Gasteiger partial charge in [-0.25, -0.2) is 0 Å². The average Bonchev–Trinajstić information content (AvgIpc) is 3.61. The number of anilines is 3. The minimum absolute atomic E-state index is 1.08. The molecule has 0 fully saturated rings. The Balaban J connectivity index is 1.22. The molecule has 0 amide bonds. The normalized spacial score (nSPS) is 11.2. The summed E-state index contributed by atoms with van der Waals surface area (Å²) in [6.45, 7) is 2.21. The van der Waals surface area contributed by atoms with Gasteiger partial charge in [0.25, 0.3) is 0 Å². The lowest BCUT2D eigenvalue weighted by Crippen LogP contribution is -2.10. The lowest BCUT2D eigenvalue weighted by Gasteiger charge is -2.26. The maximum atomic E-state index is 2.51. The molecule has 0 N–H and O–H groups in total. The van der Waals surface area contributed by atoms with Gasteiger partial charge in [0, 0.05) is 39.0 Å². The second-order valence-electron chi connectivity index (χ2n) is 14.6. The first kappa shape index (κ1) is 34.1. The number of aromatic nitrogens is 1. The standard InChI is InChI=1S/C55H40N2/c1-39-16-11-12-23-48(39)52-26-15-25-49(44-21-9-4-10-22-44)55(52)57-53-27-14-13-24-50(53)51-37-36-47(38-54(51)57)56(45-32-28-42(29-33-45)40-17-5-2-6-18-40)46-34-30-43(31-35-46)41-19-7-3-8-20-41/h2-38H,1H3. The van der Waals surface area contributed by atoms with Crippen molar-refractivity contribution in [2.75, 3.05) is 4.90 Å². The number of benzene rings is 9. The first-order valence-electron chi connectivity index (χ1n) is 19.6. The Labute approximate surface area is 334 Å². The number of hydrogen-bond acceptors (Lipinski definition) is 1. The second kappa shape index (κ2) is 14.7. The van der Waals surface area contributed by atoms with Gasteiger partial charge in [-0.3, -0.25) is 0 Å². The van der Waals surface area contributed by atoms with E-state index in [-0.39, 0.29) is 0 Å². The Morgan fingerprint density at radius 3 is 1.39 bits per heavy atom. The molecular weight excluding hydrogens is 689 g/mol. The van der Waals surface area contributed by atoms with Crippen LogP contribution < -0.4 is 4.90 Å². The van der Waals surface area contributed by atoms with Gasteiger partial charge >= 0.3 is 0 Å². The maximum absolute atomic E-state index is 2.51. The molecule has 2 heteroatoms. The van der Waals surface area contributed by atoms with Gasteiger partial charge in [0.15, 0.2) is 0 Å². The molecule has 57 heavy (non-hydrogen) atoms. The molecule has 0 radical (unpaired) electrons. The molecule has 0 spiro atoms. The van der Waals surface area contributed by atoms with Crippen molar-refractivity contribution in [2.24, 2.45) is 0 Å². The second-order valence-corrected chi connectivity index (χ2v) is 14.6. The molecule has 0 atom stereocenters. The molecule has 0 aliphatic heterocycles. The molecule has 10 rings (SSSR count). The Morgan fingerprint density at radius 2 is 0.772 bits per heavy atom. The monoisotopic (exact) mass is 728 g/mol. The molecule has 0 bridgehead atoms. The van der Waals surface area contributed by atoms with Gasteiger partial charge in [-0.05, 0) is 88.3 Å². The summed E-state index contributed by atoms with van der Waals surface area (Å²) in [6, 6.07) is 81.2. The summed E-state index contributed by atoms with van der Waals surface area (Å²) < 4.78 is 2.51. The summed E-state index contributed by atoms with van der Waals surface area (Å²) in [4.78, 5) is 2.39. The van der Waals surface area contributed by atoms with E-state index in [1.165, 1.54) is 72.0 Å². The minimum atomic E-state index is 1.08. The molecule has 270 valence electrons. The van der Waals surface area contributed by atoms with Crippen molar-refractivity contribution in [1.82, 2.24) is 4.57 Å². The van der Waals surface area contributed by atoms with E-state index < -0.39 is 0 Å². The van der Waals surface area contributed by atoms with E-state index in [1.54, 1.807) is 0 Å². The number of para-hydroxylation sites is 2. The first-order chi connectivity index (χ1) is 28.2. The summed E-state index contributed by atoms with van der Waals surface area (Å²) in [6.07, 6.45) is 0. The third-order valence-electron chi connectivity index (χ3n) is 11.2. The van der Waals surface area contributed by atoms with Crippen molar-refractivity contribution in [3.8, 4) is 50.2 Å². The zero-order valence-electron chi connectivity index (χ0n) is 31.8. The average molecular weight is 729 g/mol. The van der Waals surface area contributed by atoms with Crippen LogP contribution in [-0.4, -0.2) is 4.57 Å². The summed E-state index contributed by atoms with van der Waals surface area (Å²) in [5.41, 5.74) is 17.6. The maximum Gasteiger partial charge on any atom is 0.0619 e. The van der Waals surface area contributed by atoms with Gasteiger partial charge in [-0.15, -0.1) is 0 Å². The number of hydrogen-bond donors (Lipinski definition) is 0. The van der Waals surface area contributed by atoms with Crippen LogP contribution >= 0.6 is 0 Å². The highest BCUT2D eigenvalue weighted by Gasteiger charge is 2.22. The minimum Gasteiger partial charge on any atom is -0.310 e. The predicted octanol–water partition coefficient (Wildman–Crippen LogP) is 15.2. The SMILES string of the molecule is Cc1ccccc1-c1cccc(-c2ccccc2)c1-n1c2ccccc2c2ccc(N(c3ccc(-c4ccccc4)cc3)c3ccc(-c4ccccc4)cc3)cc21. The van der Waals surface area contributed by atoms with Gasteiger partial charge < -0.3 is 9.47 Å². The molecule has 0 aliphatic rings. The molecule has 2 nitrogen and oxygen atoms in total. The van der Waals surface area contributed by atoms with Crippen molar-refractivity contribution in [3.63, 3.8) is 0 Å². The van der Waals surface area contributed by atoms with Crippen LogP contribution in [0.25, 0.3) is 72.0 Å². The molecule has 9 aromatic carbocycles. The molecule has 10 aromatic rings. The van der Waals surface area contributed by atoms with Crippen LogP contribution in [0.5, 0.6) is 0 Å². The van der Waals surface area contributed by atoms with Crippen LogP contribution in [0.2, 0.25) is 0 Å². The van der Waals surface area contributed by atoms with Gasteiger partial charge in [0.2, 0.25) is 0 Å². The van der Waals surface area contributed by atoms with Crippen molar-refractivity contribution < 1.29 is 0 Å². The largest absolute Gasteiger partial charge is 0.310 e. The topological polar surface area (TPSA) is 8.17 Å². The van der Waals surface area contributed by atoms with Gasteiger partial charge in [-0.1, -0.05) is 182 Å². The molecule has 0 aliphatic carbocycles. The molecular formula is C55H40N2. The van der Waals surface area contributed by atoms with Gasteiger partial charge in [0.05, 0.1) is 16.7 Å². The zero-order valence-corrected chi connectivity index (χ0v) is 31.8. The Morgan fingerprint density at radius 1 is 0.316 bits per heavy atom. The van der Waals surface area contributed by atoms with E-state index in [4.69, 9.17) is 0 Å². The Hall–Kier alpha value is -7.42. The number of aryl methyl sites for hydroxylation is 1. The van der Waals surface area contributed by atoms with E-state index in [0.29, 0.717) is 0 Å². The molecule has 0 unspecified atom stereocenters. The third-order valence-corrected chi connectivity index (χ3v) is 11.2.